The van der Waals surface area contributed by atoms with Gasteiger partial charge in [0.05, 0.1) is 0 Å². The third kappa shape index (κ3) is 4.83. The molecule has 0 aliphatic carbocycles. The fourth-order valence-corrected chi connectivity index (χ4v) is 3.77. The molecule has 1 aromatic rings. The molecule has 2 N–H and O–H groups in total. The van der Waals surface area contributed by atoms with Crippen molar-refractivity contribution in [2.45, 2.75) is 18.9 Å². The monoisotopic (exact) mass is 329 g/mol. The molecule has 118 valence electrons. The zero-order valence-corrected chi connectivity index (χ0v) is 14.4. The van der Waals surface area contributed by atoms with Gasteiger partial charge in [-0.2, -0.15) is 0 Å². The van der Waals surface area contributed by atoms with Crippen molar-refractivity contribution in [3.8, 4) is 0 Å². The topological polar surface area (TPSA) is 32.5 Å². The lowest BCUT2D eigenvalue weighted by atomic mass is 9.94. The van der Waals surface area contributed by atoms with Crippen LogP contribution >= 0.6 is 23.2 Å². The van der Waals surface area contributed by atoms with Gasteiger partial charge in [-0.15, -0.1) is 0 Å². The Morgan fingerprint density at radius 3 is 2.24 bits per heavy atom. The van der Waals surface area contributed by atoms with Crippen molar-refractivity contribution in [2.24, 2.45) is 11.7 Å². The predicted octanol–water partition coefficient (Wildman–Crippen LogP) is 3.27. The van der Waals surface area contributed by atoms with Crippen LogP contribution in [0.2, 0.25) is 10.0 Å². The fourth-order valence-electron chi connectivity index (χ4n) is 3.23. The normalized spacial score (nSPS) is 19.1. The highest BCUT2D eigenvalue weighted by atomic mass is 35.5. The maximum absolute atomic E-state index is 6.12. The van der Waals surface area contributed by atoms with E-state index in [0.717, 1.165) is 24.6 Å². The summed E-state index contributed by atoms with van der Waals surface area (Å²) >= 11 is 12.2. The van der Waals surface area contributed by atoms with E-state index in [9.17, 15) is 0 Å². The van der Waals surface area contributed by atoms with Gasteiger partial charge < -0.3 is 10.6 Å². The summed E-state index contributed by atoms with van der Waals surface area (Å²) < 4.78 is 0. The molecule has 1 atom stereocenters. The fraction of sp³-hybridized carbons (Fsp3) is 0.625. The van der Waals surface area contributed by atoms with Crippen LogP contribution in [0.4, 0.5) is 0 Å². The number of hydrogen-bond donors (Lipinski definition) is 1. The van der Waals surface area contributed by atoms with Crippen molar-refractivity contribution in [1.82, 2.24) is 9.80 Å². The predicted molar refractivity (Wildman–Crippen MR) is 91.1 cm³/mol. The van der Waals surface area contributed by atoms with E-state index in [1.807, 2.05) is 12.1 Å². The van der Waals surface area contributed by atoms with Gasteiger partial charge in [-0.3, -0.25) is 4.90 Å². The van der Waals surface area contributed by atoms with Crippen molar-refractivity contribution >= 4 is 23.2 Å². The van der Waals surface area contributed by atoms with Crippen molar-refractivity contribution in [2.75, 3.05) is 40.3 Å². The molecule has 5 heteroatoms. The number of hydrogen-bond acceptors (Lipinski definition) is 3. The van der Waals surface area contributed by atoms with E-state index in [-0.39, 0.29) is 6.04 Å². The summed E-state index contributed by atoms with van der Waals surface area (Å²) in [6.45, 7) is 3.94. The Kier molecular flexibility index (Phi) is 6.33. The number of rotatable bonds is 5. The number of benzene rings is 1. The summed E-state index contributed by atoms with van der Waals surface area (Å²) in [6.07, 6.45) is 2.45. The average molecular weight is 330 g/mol. The zero-order valence-electron chi connectivity index (χ0n) is 12.9. The summed E-state index contributed by atoms with van der Waals surface area (Å²) in [7, 11) is 4.28. The van der Waals surface area contributed by atoms with E-state index in [4.69, 9.17) is 28.9 Å². The number of nitrogens with zero attached hydrogens (tertiary/aromatic N) is 2. The maximum Gasteiger partial charge on any atom is 0.0471 e. The summed E-state index contributed by atoms with van der Waals surface area (Å²) in [4.78, 5) is 4.74. The smallest absolute Gasteiger partial charge is 0.0471 e. The standard InChI is InChI=1S/C16H25Cl2N3/c1-20(2)11-12-3-5-21(6-4-12)16(10-19)13-7-14(17)9-15(18)8-13/h7-9,12,16H,3-6,10-11,19H2,1-2H3. The number of nitrogens with two attached hydrogens (primary N) is 1. The highest BCUT2D eigenvalue weighted by Crippen LogP contribution is 2.30. The first-order valence-corrected chi connectivity index (χ1v) is 8.30. The number of halogens is 2. The largest absolute Gasteiger partial charge is 0.329 e. The average Bonchev–Trinajstić information content (AvgIpc) is 2.40. The first-order valence-electron chi connectivity index (χ1n) is 7.54. The molecule has 1 saturated heterocycles. The Bertz CT molecular complexity index is 437. The lowest BCUT2D eigenvalue weighted by Crippen LogP contribution is -2.41. The second kappa shape index (κ2) is 7.80. The van der Waals surface area contributed by atoms with Crippen LogP contribution in [0.1, 0.15) is 24.4 Å². The van der Waals surface area contributed by atoms with Crippen LogP contribution in [0.25, 0.3) is 0 Å². The van der Waals surface area contributed by atoms with Crippen molar-refractivity contribution in [3.63, 3.8) is 0 Å². The zero-order chi connectivity index (χ0) is 15.4. The van der Waals surface area contributed by atoms with Gasteiger partial charge in [-0.25, -0.2) is 0 Å². The molecule has 0 amide bonds. The first kappa shape index (κ1) is 17.0. The Morgan fingerprint density at radius 1 is 1.19 bits per heavy atom. The van der Waals surface area contributed by atoms with Crippen molar-refractivity contribution < 1.29 is 0 Å². The number of piperidine rings is 1. The van der Waals surface area contributed by atoms with Crippen molar-refractivity contribution in [3.05, 3.63) is 33.8 Å². The molecule has 0 saturated carbocycles. The summed E-state index contributed by atoms with van der Waals surface area (Å²) in [5, 5.41) is 1.36. The van der Waals surface area contributed by atoms with Gasteiger partial charge in [0, 0.05) is 29.2 Å². The van der Waals surface area contributed by atoms with Gasteiger partial charge in [0.1, 0.15) is 0 Å². The molecule has 1 unspecified atom stereocenters. The van der Waals surface area contributed by atoms with Crippen LogP contribution in [-0.4, -0.2) is 50.1 Å². The molecule has 21 heavy (non-hydrogen) atoms. The third-order valence-electron chi connectivity index (χ3n) is 4.21. The Morgan fingerprint density at radius 2 is 1.76 bits per heavy atom. The van der Waals surface area contributed by atoms with Crippen LogP contribution in [0.3, 0.4) is 0 Å². The first-order chi connectivity index (χ1) is 9.99. The highest BCUT2D eigenvalue weighted by molar-refractivity contribution is 6.34. The molecule has 0 radical (unpaired) electrons. The van der Waals surface area contributed by atoms with Gasteiger partial charge in [-0.1, -0.05) is 23.2 Å². The van der Waals surface area contributed by atoms with Crippen molar-refractivity contribution in [1.29, 1.82) is 0 Å². The summed E-state index contributed by atoms with van der Waals surface area (Å²) in [5.41, 5.74) is 7.14. The molecule has 1 aliphatic heterocycles. The second-order valence-corrected chi connectivity index (χ2v) is 7.07. The second-order valence-electron chi connectivity index (χ2n) is 6.20. The maximum atomic E-state index is 6.12. The minimum atomic E-state index is 0.210. The molecule has 0 aromatic heterocycles. The quantitative estimate of drug-likeness (QED) is 0.899. The van der Waals surface area contributed by atoms with Crippen LogP contribution in [0, 0.1) is 5.92 Å². The summed E-state index contributed by atoms with van der Waals surface area (Å²) in [6, 6.07) is 5.94. The third-order valence-corrected chi connectivity index (χ3v) is 4.64. The number of likely N-dealkylation sites (tertiary alicyclic amines) is 1. The molecule has 3 nitrogen and oxygen atoms in total. The van der Waals surface area contributed by atoms with E-state index in [1.165, 1.54) is 19.4 Å². The van der Waals surface area contributed by atoms with Crippen LogP contribution < -0.4 is 5.73 Å². The molecular formula is C16H25Cl2N3. The Balaban J connectivity index is 2.02. The van der Waals surface area contributed by atoms with Gasteiger partial charge >= 0.3 is 0 Å². The molecule has 1 aliphatic rings. The lowest BCUT2D eigenvalue weighted by Gasteiger charge is -2.38. The molecular weight excluding hydrogens is 305 g/mol. The molecule has 1 fully saturated rings. The minimum absolute atomic E-state index is 0.210. The van der Waals surface area contributed by atoms with Gasteiger partial charge in [0.25, 0.3) is 0 Å². The highest BCUT2D eigenvalue weighted by Gasteiger charge is 2.25. The van der Waals surface area contributed by atoms with E-state index in [2.05, 4.69) is 23.9 Å². The van der Waals surface area contributed by atoms with E-state index in [1.54, 1.807) is 6.07 Å². The Labute approximate surface area is 138 Å². The van der Waals surface area contributed by atoms with Crippen LogP contribution in [0.5, 0.6) is 0 Å². The van der Waals surface area contributed by atoms with Crippen LogP contribution in [-0.2, 0) is 0 Å². The molecule has 0 bridgehead atoms. The molecule has 0 spiro atoms. The van der Waals surface area contributed by atoms with E-state index in [0.29, 0.717) is 16.6 Å². The van der Waals surface area contributed by atoms with Gasteiger partial charge in [0.15, 0.2) is 0 Å². The van der Waals surface area contributed by atoms with Gasteiger partial charge in [-0.05, 0) is 69.7 Å². The Hall–Kier alpha value is -0.320. The molecule has 2 rings (SSSR count). The molecule has 1 heterocycles. The van der Waals surface area contributed by atoms with Gasteiger partial charge in [0.2, 0.25) is 0 Å². The minimum Gasteiger partial charge on any atom is -0.329 e. The van der Waals surface area contributed by atoms with Crippen LogP contribution in [0.15, 0.2) is 18.2 Å². The SMILES string of the molecule is CN(C)CC1CCN(C(CN)c2cc(Cl)cc(Cl)c2)CC1. The molecule has 1 aromatic carbocycles. The van der Waals surface area contributed by atoms with E-state index >= 15 is 0 Å². The lowest BCUT2D eigenvalue weighted by molar-refractivity contribution is 0.122. The van der Waals surface area contributed by atoms with E-state index < -0.39 is 0 Å². The summed E-state index contributed by atoms with van der Waals surface area (Å²) in [5.74, 6) is 0.789.